The van der Waals surface area contributed by atoms with Crippen molar-refractivity contribution in [1.29, 1.82) is 0 Å². The van der Waals surface area contributed by atoms with Gasteiger partial charge in [0.1, 0.15) is 11.4 Å². The average Bonchev–Trinajstić information content (AvgIpc) is 2.97. The van der Waals surface area contributed by atoms with Crippen molar-refractivity contribution in [2.24, 2.45) is 4.40 Å². The molecule has 3 aromatic rings. The highest BCUT2D eigenvalue weighted by Gasteiger charge is 2.48. The third-order valence-electron chi connectivity index (χ3n) is 6.14. The van der Waals surface area contributed by atoms with Crippen molar-refractivity contribution >= 4 is 27.5 Å². The standard InChI is InChI=1S/C27H33N7O6S/c1-16(2)40-24(25-29-14-20(37-5)15-30-25)18(4)41(36)33-27(31-23-21(38-6)9-8-10-22(23)39-7)34(41)32-26(35)19-11-17(3)12-28-13-19/h8-16,18,24H,1-7H3,(H,32,35)/p+1/t18-,24+,41?/m0/s1. The fourth-order valence-electron chi connectivity index (χ4n) is 4.07. The van der Waals surface area contributed by atoms with Crippen molar-refractivity contribution < 1.29 is 32.0 Å². The molecule has 0 spiro atoms. The molecule has 0 saturated heterocycles. The van der Waals surface area contributed by atoms with Gasteiger partial charge in [0.2, 0.25) is 0 Å². The highest BCUT2D eigenvalue weighted by atomic mass is 32.2. The monoisotopic (exact) mass is 584 g/mol. The molecule has 2 N–H and O–H groups in total. The normalized spacial score (nSPS) is 17.7. The number of nitrogens with one attached hydrogen (secondary N) is 2. The molecule has 4 rings (SSSR count). The van der Waals surface area contributed by atoms with Gasteiger partial charge < -0.3 is 18.9 Å². The van der Waals surface area contributed by atoms with Gasteiger partial charge in [-0.05, 0) is 55.5 Å². The van der Waals surface area contributed by atoms with E-state index >= 15 is 0 Å². The number of anilines is 1. The van der Waals surface area contributed by atoms with E-state index in [4.69, 9.17) is 18.9 Å². The molecule has 1 amide bonds. The molecule has 1 unspecified atom stereocenters. The van der Waals surface area contributed by atoms with Crippen LogP contribution in [0.5, 0.6) is 17.2 Å². The Kier molecular flexibility index (Phi) is 9.03. The maximum atomic E-state index is 14.6. The van der Waals surface area contributed by atoms with Crippen LogP contribution in [0.1, 0.15) is 48.6 Å². The predicted octanol–water partition coefficient (Wildman–Crippen LogP) is 3.28. The largest absolute Gasteiger partial charge is 0.494 e. The number of guanidine groups is 1. The highest BCUT2D eigenvalue weighted by molar-refractivity contribution is 7.91. The summed E-state index contributed by atoms with van der Waals surface area (Å²) in [5, 5.41) is 2.30. The summed E-state index contributed by atoms with van der Waals surface area (Å²) in [5.41, 5.74) is 4.26. The van der Waals surface area contributed by atoms with Crippen molar-refractivity contribution in [3.05, 3.63) is 66.0 Å². The number of aromatic nitrogens is 3. The fourth-order valence-corrected chi connectivity index (χ4v) is 5.97. The van der Waals surface area contributed by atoms with Crippen molar-refractivity contribution in [3.8, 4) is 17.2 Å². The van der Waals surface area contributed by atoms with Crippen LogP contribution in [0, 0.1) is 6.92 Å². The van der Waals surface area contributed by atoms with Crippen LogP contribution < -0.4 is 25.0 Å². The minimum absolute atomic E-state index is 0.109. The molecule has 0 aliphatic carbocycles. The van der Waals surface area contributed by atoms with Gasteiger partial charge in [0.25, 0.3) is 15.8 Å². The molecule has 0 radical (unpaired) electrons. The minimum Gasteiger partial charge on any atom is -0.494 e. The number of carbonyl (C=O) groups is 1. The average molecular weight is 585 g/mol. The van der Waals surface area contributed by atoms with Crippen LogP contribution in [-0.4, -0.2) is 67.8 Å². The summed E-state index contributed by atoms with van der Waals surface area (Å²) in [6.07, 6.45) is 4.99. The maximum absolute atomic E-state index is 14.6. The van der Waals surface area contributed by atoms with E-state index in [0.717, 1.165) is 5.56 Å². The molecule has 0 bridgehead atoms. The van der Waals surface area contributed by atoms with Crippen LogP contribution in [-0.2, 0) is 14.7 Å². The van der Waals surface area contributed by atoms with Gasteiger partial charge >= 0.3 is 5.96 Å². The molecular formula is C27H34N7O6S+. The number of nitrogens with zero attached hydrogens (tertiary/aromatic N) is 5. The lowest BCUT2D eigenvalue weighted by Crippen LogP contribution is -2.54. The Balaban J connectivity index is 1.78. The van der Waals surface area contributed by atoms with E-state index in [0.29, 0.717) is 28.8 Å². The number of pyridine rings is 1. The number of aryl methyl sites for hydroxylation is 1. The first-order valence-corrected chi connectivity index (χ1v) is 14.3. The van der Waals surface area contributed by atoms with Crippen LogP contribution in [0.4, 0.5) is 5.69 Å². The molecular weight excluding hydrogens is 550 g/mol. The summed E-state index contributed by atoms with van der Waals surface area (Å²) in [6, 6.07) is 6.91. The summed E-state index contributed by atoms with van der Waals surface area (Å²) in [6.45, 7) is 7.24. The minimum atomic E-state index is -3.35. The van der Waals surface area contributed by atoms with Gasteiger partial charge in [-0.1, -0.05) is 6.07 Å². The lowest BCUT2D eigenvalue weighted by atomic mass is 10.2. The van der Waals surface area contributed by atoms with Gasteiger partial charge in [-0.15, -0.1) is 0 Å². The van der Waals surface area contributed by atoms with E-state index in [1.54, 1.807) is 37.4 Å². The van der Waals surface area contributed by atoms with Crippen molar-refractivity contribution in [1.82, 2.24) is 20.4 Å². The van der Waals surface area contributed by atoms with Gasteiger partial charge in [-0.3, -0.25) is 9.78 Å². The van der Waals surface area contributed by atoms with Crippen LogP contribution in [0.2, 0.25) is 0 Å². The zero-order valence-corrected chi connectivity index (χ0v) is 24.8. The Morgan fingerprint density at radius 1 is 0.976 bits per heavy atom. The molecule has 1 aliphatic heterocycles. The molecule has 3 heterocycles. The number of carbonyl (C=O) groups excluding carboxylic acids is 1. The first-order chi connectivity index (χ1) is 19.6. The summed E-state index contributed by atoms with van der Waals surface area (Å²) in [4.78, 5) is 26.2. The van der Waals surface area contributed by atoms with Gasteiger partial charge in [-0.25, -0.2) is 15.3 Å². The van der Waals surface area contributed by atoms with E-state index in [1.165, 1.54) is 44.0 Å². The number of ether oxygens (including phenoxy) is 4. The van der Waals surface area contributed by atoms with Crippen LogP contribution in [0.25, 0.3) is 0 Å². The van der Waals surface area contributed by atoms with Crippen molar-refractivity contribution in [2.45, 2.75) is 45.2 Å². The molecule has 3 atom stereocenters. The maximum Gasteiger partial charge on any atom is 0.441 e. The molecule has 1 aliphatic rings. The Labute approximate surface area is 239 Å². The Hall–Kier alpha value is -4.30. The Morgan fingerprint density at radius 3 is 2.20 bits per heavy atom. The summed E-state index contributed by atoms with van der Waals surface area (Å²) < 4.78 is 42.6. The summed E-state index contributed by atoms with van der Waals surface area (Å²) in [5.74, 6) is 1.27. The highest BCUT2D eigenvalue weighted by Crippen LogP contribution is 2.36. The van der Waals surface area contributed by atoms with Crippen LogP contribution in [0.15, 0.2) is 53.5 Å². The number of para-hydroxylation sites is 1. The number of hydrazine groups is 1. The van der Waals surface area contributed by atoms with Gasteiger partial charge in [0.15, 0.2) is 28.8 Å². The molecule has 0 saturated carbocycles. The smallest absolute Gasteiger partial charge is 0.441 e. The quantitative estimate of drug-likeness (QED) is 0.322. The third kappa shape index (κ3) is 6.23. The molecule has 218 valence electrons. The zero-order valence-electron chi connectivity index (χ0n) is 23.9. The Bertz CT molecular complexity index is 1550. The number of methoxy groups -OCH3 is 3. The summed E-state index contributed by atoms with van der Waals surface area (Å²) in [7, 11) is 1.19. The van der Waals surface area contributed by atoms with E-state index in [-0.39, 0.29) is 17.6 Å². The molecule has 41 heavy (non-hydrogen) atoms. The molecule has 1 aromatic carbocycles. The van der Waals surface area contributed by atoms with Crippen molar-refractivity contribution in [2.75, 3.05) is 26.6 Å². The van der Waals surface area contributed by atoms with E-state index in [9.17, 15) is 9.00 Å². The van der Waals surface area contributed by atoms with E-state index in [1.807, 2.05) is 20.8 Å². The van der Waals surface area contributed by atoms with E-state index in [2.05, 4.69) is 30.1 Å². The molecule has 2 aromatic heterocycles. The number of hydrogen-bond acceptors (Lipinski definition) is 10. The number of benzene rings is 1. The van der Waals surface area contributed by atoms with Gasteiger partial charge in [0, 0.05) is 16.8 Å². The number of amides is 1. The first kappa shape index (κ1) is 29.7. The lowest BCUT2D eigenvalue weighted by molar-refractivity contribution is -0.445. The van der Waals surface area contributed by atoms with Gasteiger partial charge in [-0.2, -0.15) is 9.63 Å². The van der Waals surface area contributed by atoms with Crippen molar-refractivity contribution in [3.63, 3.8) is 0 Å². The van der Waals surface area contributed by atoms with Crippen LogP contribution >= 0.6 is 0 Å². The molecule has 0 fully saturated rings. The second-order valence-electron chi connectivity index (χ2n) is 9.39. The summed E-state index contributed by atoms with van der Waals surface area (Å²) >= 11 is 0. The van der Waals surface area contributed by atoms with Crippen LogP contribution in [0.3, 0.4) is 0 Å². The molecule has 13 nitrogen and oxygen atoms in total. The second-order valence-corrected chi connectivity index (χ2v) is 11.8. The topological polar surface area (TPSA) is 149 Å². The Morgan fingerprint density at radius 2 is 1.63 bits per heavy atom. The predicted molar refractivity (Wildman–Crippen MR) is 152 cm³/mol. The van der Waals surface area contributed by atoms with Gasteiger partial charge in [0.05, 0.1) is 45.4 Å². The number of rotatable bonds is 11. The number of hydrogen-bond donors (Lipinski definition) is 2. The third-order valence-corrected chi connectivity index (χ3v) is 8.58. The molecule has 14 heteroatoms. The lowest BCUT2D eigenvalue weighted by Gasteiger charge is -2.28. The second kappa shape index (κ2) is 12.5. The fraction of sp³-hybridized carbons (Fsp3) is 0.370. The first-order valence-electron chi connectivity index (χ1n) is 12.8. The SMILES string of the molecule is COc1cnc([C@H](OC(C)C)[C@H](C)S2(=O)=[N+](NC(=O)c3cncc(C)c3)C(Nc3c(OC)cccc3OC)=N2)nc1. The van der Waals surface area contributed by atoms with E-state index < -0.39 is 27.2 Å². The zero-order chi connectivity index (χ0) is 29.7.